The third-order valence-corrected chi connectivity index (χ3v) is 17.1. The molecule has 10 aromatic rings. The molecule has 0 saturated carbocycles. The van der Waals surface area contributed by atoms with Crippen molar-refractivity contribution in [2.24, 2.45) is 0 Å². The summed E-state index contributed by atoms with van der Waals surface area (Å²) in [5, 5.41) is 5.46. The Morgan fingerprint density at radius 2 is 0.864 bits per heavy atom. The molecule has 0 atom stereocenters. The zero-order valence-electron chi connectivity index (χ0n) is 31.9. The van der Waals surface area contributed by atoms with Crippen molar-refractivity contribution >= 4 is 68.0 Å². The lowest BCUT2D eigenvalue weighted by Gasteiger charge is -2.21. The van der Waals surface area contributed by atoms with E-state index in [1.54, 1.807) is 6.20 Å². The minimum Gasteiger partial charge on any atom is -0.309 e. The molecule has 0 bridgehead atoms. The molecule has 0 N–H and O–H groups in total. The van der Waals surface area contributed by atoms with E-state index < -0.39 is 14.3 Å². The summed E-state index contributed by atoms with van der Waals surface area (Å²) in [7, 11) is -6.42. The zero-order chi connectivity index (χ0) is 39.8. The standard InChI is InChI=1S/C52H37N3O2P2/c56-58(43-20-8-2-9-21-43,44-22-10-3-11-23-44)47-28-16-19-42(36-47)55-51-35-40(31-32-49(51)54-52(55)38-17-6-1-7-18-38)39-29-30-41-33-48(37-53-50(41)34-39)59(57,45-24-12-4-13-25-45)46-26-14-5-15-27-46/h1-37H. The molecule has 59 heavy (non-hydrogen) atoms. The highest BCUT2D eigenvalue weighted by atomic mass is 31.2. The minimum absolute atomic E-state index is 0.695. The summed E-state index contributed by atoms with van der Waals surface area (Å²) in [4.78, 5) is 10.1. The van der Waals surface area contributed by atoms with Crippen LogP contribution < -0.4 is 31.8 Å². The number of benzene rings is 8. The largest absolute Gasteiger partial charge is 0.309 e. The lowest BCUT2D eigenvalue weighted by atomic mass is 10.0. The molecule has 0 amide bonds. The van der Waals surface area contributed by atoms with Crippen molar-refractivity contribution in [2.75, 3.05) is 0 Å². The average molecular weight is 798 g/mol. The fourth-order valence-corrected chi connectivity index (χ4v) is 13.3. The highest BCUT2D eigenvalue weighted by molar-refractivity contribution is 7.85. The second kappa shape index (κ2) is 15.1. The van der Waals surface area contributed by atoms with Gasteiger partial charge in [0.1, 0.15) is 5.82 Å². The highest BCUT2D eigenvalue weighted by Crippen LogP contribution is 2.44. The van der Waals surface area contributed by atoms with Gasteiger partial charge in [-0.2, -0.15) is 0 Å². The maximum Gasteiger partial charge on any atom is 0.172 e. The summed E-state index contributed by atoms with van der Waals surface area (Å²) in [6.07, 6.45) is 1.77. The van der Waals surface area contributed by atoms with Gasteiger partial charge in [0.25, 0.3) is 0 Å². The molecule has 10 rings (SSSR count). The number of imidazole rings is 1. The molecular formula is C52H37N3O2P2. The quantitative estimate of drug-likeness (QED) is 0.137. The second-order valence-electron chi connectivity index (χ2n) is 14.5. The highest BCUT2D eigenvalue weighted by Gasteiger charge is 2.31. The number of aromatic nitrogens is 3. The van der Waals surface area contributed by atoms with Crippen molar-refractivity contribution in [3.8, 4) is 28.2 Å². The summed E-state index contributed by atoms with van der Waals surface area (Å²) < 4.78 is 32.7. The zero-order valence-corrected chi connectivity index (χ0v) is 33.7. The molecule has 0 aliphatic carbocycles. The SMILES string of the molecule is O=P(c1ccccc1)(c1ccccc1)c1cccc(-n2c(-c3ccccc3)nc3ccc(-c4ccc5cc(P(=O)(c6ccccc6)c6ccccc6)cnc5c4)cc32)c1. The number of hydrogen-bond donors (Lipinski definition) is 0. The normalized spacial score (nSPS) is 11.9. The average Bonchev–Trinajstić information content (AvgIpc) is 3.71. The Kier molecular flexibility index (Phi) is 9.34. The Bertz CT molecular complexity index is 3120. The number of fused-ring (bicyclic) bond motifs is 2. The van der Waals surface area contributed by atoms with E-state index in [4.69, 9.17) is 9.97 Å². The Morgan fingerprint density at radius 1 is 0.373 bits per heavy atom. The van der Waals surface area contributed by atoms with Gasteiger partial charge < -0.3 is 9.13 Å². The molecule has 5 nitrogen and oxygen atoms in total. The molecule has 0 radical (unpaired) electrons. The van der Waals surface area contributed by atoms with Gasteiger partial charge in [0, 0.05) is 54.7 Å². The van der Waals surface area contributed by atoms with Crippen LogP contribution >= 0.6 is 14.3 Å². The maximum atomic E-state index is 15.5. The molecule has 7 heteroatoms. The van der Waals surface area contributed by atoms with Crippen LogP contribution in [0.2, 0.25) is 0 Å². The summed E-state index contributed by atoms with van der Waals surface area (Å²) in [6, 6.07) is 71.8. The lowest BCUT2D eigenvalue weighted by Crippen LogP contribution is -2.25. The van der Waals surface area contributed by atoms with E-state index in [1.165, 1.54) is 0 Å². The lowest BCUT2D eigenvalue weighted by molar-refractivity contribution is 0.591. The smallest absolute Gasteiger partial charge is 0.172 e. The van der Waals surface area contributed by atoms with Gasteiger partial charge in [-0.3, -0.25) is 9.55 Å². The van der Waals surface area contributed by atoms with Gasteiger partial charge in [-0.15, -0.1) is 0 Å². The number of pyridine rings is 1. The van der Waals surface area contributed by atoms with Gasteiger partial charge in [-0.1, -0.05) is 182 Å². The van der Waals surface area contributed by atoms with Crippen LogP contribution in [-0.4, -0.2) is 14.5 Å². The van der Waals surface area contributed by atoms with Crippen LogP contribution in [-0.2, 0) is 9.13 Å². The molecule has 0 aliphatic heterocycles. The number of nitrogens with zero attached hydrogens (tertiary/aromatic N) is 3. The Morgan fingerprint density at radius 3 is 1.44 bits per heavy atom. The molecule has 0 fully saturated rings. The van der Waals surface area contributed by atoms with Crippen molar-refractivity contribution in [3.63, 3.8) is 0 Å². The van der Waals surface area contributed by atoms with Gasteiger partial charge in [0.15, 0.2) is 14.3 Å². The van der Waals surface area contributed by atoms with Crippen LogP contribution in [0.4, 0.5) is 0 Å². The van der Waals surface area contributed by atoms with Gasteiger partial charge in [-0.05, 0) is 47.5 Å². The van der Waals surface area contributed by atoms with Crippen LogP contribution in [0.15, 0.2) is 225 Å². The van der Waals surface area contributed by atoms with E-state index in [-0.39, 0.29) is 0 Å². The maximum absolute atomic E-state index is 15.5. The molecule has 2 heterocycles. The van der Waals surface area contributed by atoms with E-state index in [0.717, 1.165) is 76.7 Å². The molecule has 0 spiro atoms. The third-order valence-electron chi connectivity index (χ3n) is 11.0. The van der Waals surface area contributed by atoms with Crippen LogP contribution in [0.25, 0.3) is 50.1 Å². The Labute approximate surface area is 343 Å². The summed E-state index contributed by atoms with van der Waals surface area (Å²) in [6.45, 7) is 0. The van der Waals surface area contributed by atoms with E-state index in [2.05, 4.69) is 65.2 Å². The fraction of sp³-hybridized carbons (Fsp3) is 0. The van der Waals surface area contributed by atoms with Gasteiger partial charge >= 0.3 is 0 Å². The second-order valence-corrected chi connectivity index (χ2v) is 20.1. The first kappa shape index (κ1) is 36.4. The van der Waals surface area contributed by atoms with Crippen LogP contribution in [0.1, 0.15) is 0 Å². The minimum atomic E-state index is -3.24. The predicted molar refractivity (Wildman–Crippen MR) is 246 cm³/mol. The third kappa shape index (κ3) is 6.46. The first-order valence-corrected chi connectivity index (χ1v) is 22.9. The molecule has 0 aliphatic rings. The molecule has 282 valence electrons. The van der Waals surface area contributed by atoms with E-state index >= 15 is 9.13 Å². The van der Waals surface area contributed by atoms with Gasteiger partial charge in [0.05, 0.1) is 16.6 Å². The van der Waals surface area contributed by atoms with Crippen molar-refractivity contribution in [3.05, 3.63) is 225 Å². The number of rotatable bonds is 9. The molecule has 8 aromatic carbocycles. The summed E-state index contributed by atoms with van der Waals surface area (Å²) >= 11 is 0. The van der Waals surface area contributed by atoms with Crippen molar-refractivity contribution in [1.82, 2.24) is 14.5 Å². The molecule has 0 saturated heterocycles. The Balaban J connectivity index is 1.10. The van der Waals surface area contributed by atoms with E-state index in [1.807, 2.05) is 158 Å². The summed E-state index contributed by atoms with van der Waals surface area (Å²) in [5.41, 5.74) is 6.40. The van der Waals surface area contributed by atoms with E-state index in [9.17, 15) is 0 Å². The van der Waals surface area contributed by atoms with Gasteiger partial charge in [0.2, 0.25) is 0 Å². The molecule has 0 unspecified atom stereocenters. The Hall–Kier alpha value is -6.90. The van der Waals surface area contributed by atoms with Crippen molar-refractivity contribution in [1.29, 1.82) is 0 Å². The monoisotopic (exact) mass is 797 g/mol. The molecule has 2 aromatic heterocycles. The topological polar surface area (TPSA) is 64.8 Å². The van der Waals surface area contributed by atoms with Crippen LogP contribution in [0.5, 0.6) is 0 Å². The van der Waals surface area contributed by atoms with Gasteiger partial charge in [-0.25, -0.2) is 4.98 Å². The number of hydrogen-bond acceptors (Lipinski definition) is 4. The fourth-order valence-electron chi connectivity index (χ4n) is 8.03. The van der Waals surface area contributed by atoms with Crippen molar-refractivity contribution < 1.29 is 9.13 Å². The van der Waals surface area contributed by atoms with Crippen molar-refractivity contribution in [2.45, 2.75) is 0 Å². The first-order valence-electron chi connectivity index (χ1n) is 19.5. The predicted octanol–water partition coefficient (Wildman–Crippen LogP) is 10.2. The van der Waals surface area contributed by atoms with Crippen LogP contribution in [0.3, 0.4) is 0 Å². The molecular weight excluding hydrogens is 761 g/mol. The summed E-state index contributed by atoms with van der Waals surface area (Å²) in [5.74, 6) is 0.790. The first-order chi connectivity index (χ1) is 29.0. The van der Waals surface area contributed by atoms with Crippen LogP contribution in [0, 0.1) is 0 Å². The van der Waals surface area contributed by atoms with E-state index in [0.29, 0.717) is 5.30 Å².